The second-order valence-corrected chi connectivity index (χ2v) is 9.84. The molecule has 1 aromatic heterocycles. The third kappa shape index (κ3) is 5.76. The van der Waals surface area contributed by atoms with Gasteiger partial charge in [-0.15, -0.1) is 0 Å². The van der Waals surface area contributed by atoms with Crippen LogP contribution < -0.4 is 16.0 Å². The van der Waals surface area contributed by atoms with Crippen LogP contribution in [0.25, 0.3) is 0 Å². The number of hydrogen-bond acceptors (Lipinski definition) is 5. The van der Waals surface area contributed by atoms with Crippen molar-refractivity contribution in [1.82, 2.24) is 15.2 Å². The van der Waals surface area contributed by atoms with Crippen molar-refractivity contribution in [2.45, 2.75) is 63.7 Å². The van der Waals surface area contributed by atoms with Crippen LogP contribution in [0.1, 0.15) is 44.6 Å². The number of urea groups is 1. The van der Waals surface area contributed by atoms with Crippen molar-refractivity contribution in [2.75, 3.05) is 17.2 Å². The zero-order valence-electron chi connectivity index (χ0n) is 21.2. The number of alkyl halides is 3. The Balaban J connectivity index is 1.62. The first kappa shape index (κ1) is 27.4. The number of nitrogens with two attached hydrogens (primary N) is 1. The standard InChI is InChI=1S/C27H32F3N5O3/c1-2-34(19-11-7-4-8-12-19)25(37)22-20(15-17-13-14-32-21(31)16-17)24(36)35(22)26(38)33-23(27(28,29)30)18-9-5-3-6-10-18/h4,7-8,11-14,16,18,20,22-23H,2-3,5-6,9-10,15H2,1H3,(H2,31,32)(H,33,38)/t20-,22+,23?/m1/s1. The molecule has 1 unspecified atom stereocenters. The first-order valence-corrected chi connectivity index (χ1v) is 12.9. The summed E-state index contributed by atoms with van der Waals surface area (Å²) in [5.74, 6) is -2.73. The molecule has 1 saturated heterocycles. The molecule has 2 aliphatic rings. The molecule has 38 heavy (non-hydrogen) atoms. The molecule has 3 atom stereocenters. The number of carbonyl (C=O) groups is 3. The average molecular weight is 532 g/mol. The van der Waals surface area contributed by atoms with E-state index < -0.39 is 47.9 Å². The predicted molar refractivity (Wildman–Crippen MR) is 136 cm³/mol. The molecule has 2 fully saturated rings. The van der Waals surface area contributed by atoms with Gasteiger partial charge in [0.15, 0.2) is 0 Å². The fourth-order valence-corrected chi connectivity index (χ4v) is 5.50. The molecule has 1 aliphatic heterocycles. The molecule has 1 aliphatic carbocycles. The van der Waals surface area contributed by atoms with Gasteiger partial charge in [0.1, 0.15) is 17.9 Å². The van der Waals surface area contributed by atoms with E-state index in [0.29, 0.717) is 41.8 Å². The molecular formula is C27H32F3N5O3. The average Bonchev–Trinajstić information content (AvgIpc) is 2.89. The number of β-lactam (4-membered cyclic amide) rings is 1. The molecule has 4 rings (SSSR count). The van der Waals surface area contributed by atoms with Gasteiger partial charge < -0.3 is 16.0 Å². The molecule has 0 bridgehead atoms. The zero-order valence-corrected chi connectivity index (χ0v) is 21.2. The quantitative estimate of drug-likeness (QED) is 0.518. The topological polar surface area (TPSA) is 109 Å². The second kappa shape index (κ2) is 11.4. The number of imide groups is 1. The minimum Gasteiger partial charge on any atom is -0.384 e. The van der Waals surface area contributed by atoms with Crippen LogP contribution in [0.5, 0.6) is 0 Å². The van der Waals surface area contributed by atoms with Crippen LogP contribution in [-0.2, 0) is 16.0 Å². The number of halogens is 3. The number of likely N-dealkylation sites (tertiary alicyclic amines) is 1. The van der Waals surface area contributed by atoms with Crippen molar-refractivity contribution in [3.63, 3.8) is 0 Å². The Labute approximate surface area is 219 Å². The number of pyridine rings is 1. The minimum atomic E-state index is -4.68. The highest BCUT2D eigenvalue weighted by Crippen LogP contribution is 2.37. The normalized spacial score (nSPS) is 20.9. The maximum Gasteiger partial charge on any atom is 0.408 e. The Morgan fingerprint density at radius 1 is 1.16 bits per heavy atom. The predicted octanol–water partition coefficient (Wildman–Crippen LogP) is 4.31. The van der Waals surface area contributed by atoms with Crippen LogP contribution in [0.4, 0.5) is 29.5 Å². The number of nitrogen functional groups attached to an aromatic ring is 1. The summed E-state index contributed by atoms with van der Waals surface area (Å²) < 4.78 is 42.0. The van der Waals surface area contributed by atoms with E-state index >= 15 is 0 Å². The van der Waals surface area contributed by atoms with Crippen molar-refractivity contribution < 1.29 is 27.6 Å². The lowest BCUT2D eigenvalue weighted by atomic mass is 9.81. The van der Waals surface area contributed by atoms with Crippen LogP contribution in [0, 0.1) is 11.8 Å². The zero-order chi connectivity index (χ0) is 27.4. The molecule has 2 aromatic rings. The highest BCUT2D eigenvalue weighted by Gasteiger charge is 2.57. The van der Waals surface area contributed by atoms with Crippen molar-refractivity contribution in [3.05, 3.63) is 54.2 Å². The minimum absolute atomic E-state index is 0.0867. The van der Waals surface area contributed by atoms with Gasteiger partial charge in [-0.1, -0.05) is 37.5 Å². The summed E-state index contributed by atoms with van der Waals surface area (Å²) in [4.78, 5) is 46.2. The summed E-state index contributed by atoms with van der Waals surface area (Å²) in [6.07, 6.45) is -0.302. The molecule has 1 saturated carbocycles. The monoisotopic (exact) mass is 531 g/mol. The number of nitrogens with one attached hydrogen (secondary N) is 1. The van der Waals surface area contributed by atoms with Gasteiger partial charge in [0.2, 0.25) is 5.91 Å². The van der Waals surface area contributed by atoms with Crippen molar-refractivity contribution in [3.8, 4) is 0 Å². The van der Waals surface area contributed by atoms with Gasteiger partial charge in [-0.25, -0.2) is 9.78 Å². The molecule has 1 aromatic carbocycles. The van der Waals surface area contributed by atoms with Crippen molar-refractivity contribution in [1.29, 1.82) is 0 Å². The number of para-hydroxylation sites is 1. The molecule has 4 amide bonds. The molecule has 0 spiro atoms. The van der Waals surface area contributed by atoms with Gasteiger partial charge in [0.05, 0.1) is 5.92 Å². The van der Waals surface area contributed by atoms with Gasteiger partial charge in [-0.2, -0.15) is 13.2 Å². The number of rotatable bonds is 7. The molecule has 2 heterocycles. The Bertz CT molecular complexity index is 1150. The third-order valence-corrected chi connectivity index (χ3v) is 7.39. The van der Waals surface area contributed by atoms with E-state index in [4.69, 9.17) is 5.73 Å². The second-order valence-electron chi connectivity index (χ2n) is 9.84. The largest absolute Gasteiger partial charge is 0.408 e. The lowest BCUT2D eigenvalue weighted by Gasteiger charge is -2.46. The molecular weight excluding hydrogens is 499 g/mol. The van der Waals surface area contributed by atoms with Crippen LogP contribution in [0.2, 0.25) is 0 Å². The van der Waals surface area contributed by atoms with Crippen molar-refractivity contribution >= 4 is 29.4 Å². The number of hydrogen-bond donors (Lipinski definition) is 2. The summed E-state index contributed by atoms with van der Waals surface area (Å²) in [6.45, 7) is 1.99. The van der Waals surface area contributed by atoms with Gasteiger partial charge in [-0.05, 0) is 61.9 Å². The van der Waals surface area contributed by atoms with Crippen LogP contribution in [0.15, 0.2) is 48.7 Å². The van der Waals surface area contributed by atoms with Crippen molar-refractivity contribution in [2.24, 2.45) is 11.8 Å². The molecule has 3 N–H and O–H groups in total. The number of aromatic nitrogens is 1. The summed E-state index contributed by atoms with van der Waals surface area (Å²) in [7, 11) is 0. The van der Waals surface area contributed by atoms with E-state index in [-0.39, 0.29) is 18.8 Å². The summed E-state index contributed by atoms with van der Waals surface area (Å²) in [5, 5.41) is 2.07. The highest BCUT2D eigenvalue weighted by atomic mass is 19.4. The number of amides is 4. The fourth-order valence-electron chi connectivity index (χ4n) is 5.50. The Morgan fingerprint density at radius 3 is 2.45 bits per heavy atom. The first-order valence-electron chi connectivity index (χ1n) is 12.9. The Hall–Kier alpha value is -3.63. The van der Waals surface area contributed by atoms with Crippen LogP contribution in [0.3, 0.4) is 0 Å². The molecule has 204 valence electrons. The summed E-state index contributed by atoms with van der Waals surface area (Å²) in [5.41, 5.74) is 6.95. The Kier molecular flexibility index (Phi) is 8.23. The van der Waals surface area contributed by atoms with E-state index in [0.717, 1.165) is 6.42 Å². The van der Waals surface area contributed by atoms with Gasteiger partial charge >= 0.3 is 12.2 Å². The Morgan fingerprint density at radius 2 is 1.84 bits per heavy atom. The molecule has 0 radical (unpaired) electrons. The summed E-state index contributed by atoms with van der Waals surface area (Å²) in [6, 6.07) is 7.37. The van der Waals surface area contributed by atoms with E-state index in [1.165, 1.54) is 11.1 Å². The SMILES string of the molecule is CCN(C(=O)[C@@H]1[C@@H](Cc2ccnc(N)c2)C(=O)N1C(=O)NC(C1CCCCC1)C(F)(F)F)c1ccccc1. The third-order valence-electron chi connectivity index (χ3n) is 7.39. The fraction of sp³-hybridized carbons (Fsp3) is 0.481. The van der Waals surface area contributed by atoms with E-state index in [1.54, 1.807) is 49.4 Å². The first-order chi connectivity index (χ1) is 18.1. The number of anilines is 2. The van der Waals surface area contributed by atoms with Crippen LogP contribution in [-0.4, -0.2) is 52.5 Å². The smallest absolute Gasteiger partial charge is 0.384 e. The lowest BCUT2D eigenvalue weighted by Crippen LogP contribution is -2.72. The van der Waals surface area contributed by atoms with E-state index in [9.17, 15) is 27.6 Å². The number of nitrogens with zero attached hydrogens (tertiary/aromatic N) is 3. The van der Waals surface area contributed by atoms with Crippen LogP contribution >= 0.6 is 0 Å². The summed E-state index contributed by atoms with van der Waals surface area (Å²) >= 11 is 0. The van der Waals surface area contributed by atoms with Gasteiger partial charge in [0.25, 0.3) is 5.91 Å². The maximum atomic E-state index is 14.0. The van der Waals surface area contributed by atoms with Gasteiger partial charge in [-0.3, -0.25) is 14.5 Å². The van der Waals surface area contributed by atoms with E-state index in [1.807, 2.05) is 0 Å². The highest BCUT2D eigenvalue weighted by molar-refractivity contribution is 6.12. The number of likely N-dealkylation sites (N-methyl/N-ethyl adjacent to an activating group) is 1. The molecule has 11 heteroatoms. The van der Waals surface area contributed by atoms with Gasteiger partial charge in [0, 0.05) is 18.4 Å². The molecule has 8 nitrogen and oxygen atoms in total. The number of carbonyl (C=O) groups excluding carboxylic acids is 3. The van der Waals surface area contributed by atoms with E-state index in [2.05, 4.69) is 10.3 Å². The maximum absolute atomic E-state index is 14.0. The lowest BCUT2D eigenvalue weighted by molar-refractivity contribution is -0.170. The number of benzene rings is 1.